The first-order chi connectivity index (χ1) is 14.6. The van der Waals surface area contributed by atoms with Crippen LogP contribution in [0.1, 0.15) is 27.2 Å². The first kappa shape index (κ1) is 20.4. The Bertz CT molecular complexity index is 1090. The number of para-hydroxylation sites is 1. The van der Waals surface area contributed by atoms with Gasteiger partial charge < -0.3 is 19.6 Å². The maximum Gasteiger partial charge on any atom is 0.335 e. The second-order valence-electron chi connectivity index (χ2n) is 6.26. The fraction of sp³-hybridized carbons (Fsp3) is 0.0870. The molecule has 2 aromatic carbocycles. The highest BCUT2D eigenvalue weighted by Crippen LogP contribution is 2.22. The SMILES string of the molecule is N#CC(=Cc1ccccc1OCc1ccc(C(=O)O)cc1)C(=O)NCc1ccco1. The molecule has 0 radical (unpaired) electrons. The van der Waals surface area contributed by atoms with Gasteiger partial charge in [0.05, 0.1) is 18.4 Å². The third-order valence-electron chi connectivity index (χ3n) is 4.18. The van der Waals surface area contributed by atoms with Crippen LogP contribution in [0.15, 0.2) is 76.9 Å². The van der Waals surface area contributed by atoms with Gasteiger partial charge in [0.15, 0.2) is 0 Å². The van der Waals surface area contributed by atoms with Crippen LogP contribution in [0, 0.1) is 11.3 Å². The molecular formula is C23H18N2O5. The van der Waals surface area contributed by atoms with Gasteiger partial charge in [0, 0.05) is 5.56 Å². The molecule has 0 aliphatic heterocycles. The number of hydrogen-bond donors (Lipinski definition) is 2. The Morgan fingerprint density at radius 3 is 2.53 bits per heavy atom. The number of benzene rings is 2. The van der Waals surface area contributed by atoms with Crippen molar-refractivity contribution >= 4 is 18.0 Å². The molecule has 3 aromatic rings. The van der Waals surface area contributed by atoms with Gasteiger partial charge >= 0.3 is 5.97 Å². The lowest BCUT2D eigenvalue weighted by molar-refractivity contribution is -0.117. The zero-order valence-corrected chi connectivity index (χ0v) is 15.9. The van der Waals surface area contributed by atoms with Gasteiger partial charge in [0.25, 0.3) is 5.91 Å². The molecule has 0 fully saturated rings. The van der Waals surface area contributed by atoms with Crippen molar-refractivity contribution in [1.29, 1.82) is 5.26 Å². The number of nitrogens with zero attached hydrogens (tertiary/aromatic N) is 1. The van der Waals surface area contributed by atoms with Crippen LogP contribution in [0.25, 0.3) is 6.08 Å². The summed E-state index contributed by atoms with van der Waals surface area (Å²) in [5.74, 6) is -0.440. The number of rotatable bonds is 8. The molecule has 1 heterocycles. The summed E-state index contributed by atoms with van der Waals surface area (Å²) in [6.45, 7) is 0.382. The molecular weight excluding hydrogens is 384 g/mol. The summed E-state index contributed by atoms with van der Waals surface area (Å²) in [6.07, 6.45) is 2.96. The smallest absolute Gasteiger partial charge is 0.335 e. The van der Waals surface area contributed by atoms with E-state index in [9.17, 15) is 14.9 Å². The Morgan fingerprint density at radius 2 is 1.87 bits per heavy atom. The first-order valence-corrected chi connectivity index (χ1v) is 9.03. The standard InChI is InChI=1S/C23H18N2O5/c24-13-19(22(26)25-14-20-5-3-11-29-20)12-18-4-1-2-6-21(18)30-15-16-7-9-17(10-8-16)23(27)28/h1-12H,14-15H2,(H,25,26)(H,27,28). The quantitative estimate of drug-likeness (QED) is 0.438. The largest absolute Gasteiger partial charge is 0.488 e. The maximum atomic E-state index is 12.3. The van der Waals surface area contributed by atoms with Crippen LogP contribution in [-0.2, 0) is 17.9 Å². The third kappa shape index (κ3) is 5.36. The Balaban J connectivity index is 1.70. The lowest BCUT2D eigenvalue weighted by Gasteiger charge is -2.10. The van der Waals surface area contributed by atoms with Gasteiger partial charge in [-0.2, -0.15) is 5.26 Å². The highest BCUT2D eigenvalue weighted by atomic mass is 16.5. The van der Waals surface area contributed by atoms with Gasteiger partial charge in [-0.05, 0) is 42.0 Å². The highest BCUT2D eigenvalue weighted by molar-refractivity contribution is 6.01. The summed E-state index contributed by atoms with van der Waals surface area (Å²) >= 11 is 0. The zero-order valence-electron chi connectivity index (χ0n) is 15.9. The number of nitrogens with one attached hydrogen (secondary N) is 1. The molecule has 0 aliphatic carbocycles. The minimum absolute atomic E-state index is 0.0663. The van der Waals surface area contributed by atoms with Crippen LogP contribution in [0.3, 0.4) is 0 Å². The van der Waals surface area contributed by atoms with E-state index in [2.05, 4.69) is 5.32 Å². The number of aromatic carboxylic acids is 1. The van der Waals surface area contributed by atoms with Crippen molar-refractivity contribution in [3.8, 4) is 11.8 Å². The van der Waals surface area contributed by atoms with E-state index in [1.54, 1.807) is 48.5 Å². The monoisotopic (exact) mass is 402 g/mol. The normalized spacial score (nSPS) is 10.8. The molecule has 3 rings (SSSR count). The van der Waals surface area contributed by atoms with Crippen LogP contribution in [0.2, 0.25) is 0 Å². The number of carboxylic acids is 1. The van der Waals surface area contributed by atoms with E-state index >= 15 is 0 Å². The van der Waals surface area contributed by atoms with E-state index in [1.807, 2.05) is 6.07 Å². The number of amides is 1. The molecule has 30 heavy (non-hydrogen) atoms. The Hall–Kier alpha value is -4.31. The number of furan rings is 1. The van der Waals surface area contributed by atoms with E-state index in [4.69, 9.17) is 14.3 Å². The molecule has 2 N–H and O–H groups in total. The van der Waals surface area contributed by atoms with E-state index in [1.165, 1.54) is 24.5 Å². The van der Waals surface area contributed by atoms with Gasteiger partial charge in [0.1, 0.15) is 29.8 Å². The van der Waals surface area contributed by atoms with Gasteiger partial charge in [-0.25, -0.2) is 4.79 Å². The number of ether oxygens (including phenoxy) is 1. The summed E-state index contributed by atoms with van der Waals surface area (Å²) in [5, 5.41) is 21.0. The maximum absolute atomic E-state index is 12.3. The molecule has 150 valence electrons. The number of carbonyl (C=O) groups excluding carboxylic acids is 1. The summed E-state index contributed by atoms with van der Waals surface area (Å²) in [5.41, 5.74) is 1.49. The molecule has 0 unspecified atom stereocenters. The average Bonchev–Trinajstić information content (AvgIpc) is 3.29. The number of carbonyl (C=O) groups is 2. The Kier molecular flexibility index (Phi) is 6.64. The second kappa shape index (κ2) is 9.75. The highest BCUT2D eigenvalue weighted by Gasteiger charge is 2.11. The van der Waals surface area contributed by atoms with E-state index in [-0.39, 0.29) is 24.3 Å². The fourth-order valence-corrected chi connectivity index (χ4v) is 2.62. The molecule has 7 nitrogen and oxygen atoms in total. The molecule has 0 bridgehead atoms. The topological polar surface area (TPSA) is 113 Å². The predicted molar refractivity (Wildman–Crippen MR) is 108 cm³/mol. The van der Waals surface area contributed by atoms with E-state index in [0.717, 1.165) is 5.56 Å². The summed E-state index contributed by atoms with van der Waals surface area (Å²) < 4.78 is 11.0. The van der Waals surface area contributed by atoms with Crippen molar-refractivity contribution in [2.24, 2.45) is 0 Å². The Morgan fingerprint density at radius 1 is 1.10 bits per heavy atom. The molecule has 7 heteroatoms. The van der Waals surface area contributed by atoms with E-state index < -0.39 is 11.9 Å². The first-order valence-electron chi connectivity index (χ1n) is 9.03. The fourth-order valence-electron chi connectivity index (χ4n) is 2.62. The molecule has 0 aliphatic rings. The summed E-state index contributed by atoms with van der Waals surface area (Å²) in [4.78, 5) is 23.3. The van der Waals surface area contributed by atoms with Crippen LogP contribution in [0.5, 0.6) is 5.75 Å². The van der Waals surface area contributed by atoms with Gasteiger partial charge in [-0.1, -0.05) is 30.3 Å². The molecule has 0 saturated carbocycles. The van der Waals surface area contributed by atoms with Crippen molar-refractivity contribution in [1.82, 2.24) is 5.32 Å². The van der Waals surface area contributed by atoms with Crippen molar-refractivity contribution in [2.45, 2.75) is 13.2 Å². The van der Waals surface area contributed by atoms with Crippen LogP contribution in [0.4, 0.5) is 0 Å². The molecule has 0 spiro atoms. The minimum Gasteiger partial charge on any atom is -0.488 e. The van der Waals surface area contributed by atoms with Gasteiger partial charge in [0.2, 0.25) is 0 Å². The number of hydrogen-bond acceptors (Lipinski definition) is 5. The third-order valence-corrected chi connectivity index (χ3v) is 4.18. The summed E-state index contributed by atoms with van der Waals surface area (Å²) in [7, 11) is 0. The predicted octanol–water partition coefficient (Wildman–Crippen LogP) is 3.78. The number of carboxylic acid groups (broad SMARTS) is 1. The van der Waals surface area contributed by atoms with Crippen molar-refractivity contribution in [2.75, 3.05) is 0 Å². The van der Waals surface area contributed by atoms with Crippen molar-refractivity contribution in [3.63, 3.8) is 0 Å². The molecule has 1 amide bonds. The van der Waals surface area contributed by atoms with Gasteiger partial charge in [-0.3, -0.25) is 4.79 Å². The lowest BCUT2D eigenvalue weighted by atomic mass is 10.1. The molecule has 1 aromatic heterocycles. The molecule has 0 atom stereocenters. The van der Waals surface area contributed by atoms with Gasteiger partial charge in [-0.15, -0.1) is 0 Å². The van der Waals surface area contributed by atoms with Crippen molar-refractivity contribution < 1.29 is 23.8 Å². The minimum atomic E-state index is -0.993. The zero-order chi connectivity index (χ0) is 21.3. The lowest BCUT2D eigenvalue weighted by Crippen LogP contribution is -2.23. The molecule has 0 saturated heterocycles. The second-order valence-corrected chi connectivity index (χ2v) is 6.26. The van der Waals surface area contributed by atoms with Crippen molar-refractivity contribution in [3.05, 3.63) is 95.0 Å². The Labute approximate surface area is 172 Å². The van der Waals surface area contributed by atoms with Crippen LogP contribution < -0.4 is 10.1 Å². The number of nitriles is 1. The summed E-state index contributed by atoms with van der Waals surface area (Å²) in [6, 6.07) is 18.7. The average molecular weight is 402 g/mol. The van der Waals surface area contributed by atoms with E-state index in [0.29, 0.717) is 17.1 Å². The van der Waals surface area contributed by atoms with Crippen LogP contribution >= 0.6 is 0 Å². The van der Waals surface area contributed by atoms with Crippen LogP contribution in [-0.4, -0.2) is 17.0 Å².